The first-order valence-electron chi connectivity index (χ1n) is 9.42. The lowest BCUT2D eigenvalue weighted by atomic mass is 9.78. The molecule has 140 valence electrons. The molecule has 0 radical (unpaired) electrons. The maximum absolute atomic E-state index is 6.44. The summed E-state index contributed by atoms with van der Waals surface area (Å²) in [5.41, 5.74) is 3.39. The second-order valence-electron chi connectivity index (χ2n) is 7.58. The van der Waals surface area contributed by atoms with Gasteiger partial charge in [0.15, 0.2) is 0 Å². The highest BCUT2D eigenvalue weighted by Crippen LogP contribution is 2.49. The fourth-order valence-electron chi connectivity index (χ4n) is 4.51. The molecular weight excluding hydrogens is 378 g/mol. The van der Waals surface area contributed by atoms with Crippen LogP contribution in [0.5, 0.6) is 0 Å². The molecule has 6 heteroatoms. The van der Waals surface area contributed by atoms with Crippen molar-refractivity contribution in [3.05, 3.63) is 69.1 Å². The average molecular weight is 400 g/mol. The molecule has 1 saturated heterocycles. The lowest BCUT2D eigenvalue weighted by Gasteiger charge is -2.46. The van der Waals surface area contributed by atoms with E-state index >= 15 is 0 Å². The number of halogens is 1. The molecular formula is C21H22ClN3OS. The van der Waals surface area contributed by atoms with Gasteiger partial charge in [0.1, 0.15) is 5.60 Å². The van der Waals surface area contributed by atoms with E-state index in [1.54, 1.807) is 11.3 Å². The number of para-hydroxylation sites is 1. The molecule has 0 bridgehead atoms. The quantitative estimate of drug-likeness (QED) is 0.668. The van der Waals surface area contributed by atoms with E-state index in [4.69, 9.17) is 16.3 Å². The molecule has 4 heterocycles. The summed E-state index contributed by atoms with van der Waals surface area (Å²) in [6.45, 7) is 3.01. The van der Waals surface area contributed by atoms with Crippen LogP contribution in [0.4, 0.5) is 0 Å². The second-order valence-corrected chi connectivity index (χ2v) is 9.26. The highest BCUT2D eigenvalue weighted by Gasteiger charge is 2.46. The summed E-state index contributed by atoms with van der Waals surface area (Å²) in [6, 6.07) is 12.9. The van der Waals surface area contributed by atoms with Gasteiger partial charge in [-0.2, -0.15) is 5.10 Å². The monoisotopic (exact) mass is 399 g/mol. The van der Waals surface area contributed by atoms with Crippen molar-refractivity contribution in [1.82, 2.24) is 15.1 Å². The number of thiophene rings is 1. The maximum atomic E-state index is 6.44. The molecule has 0 amide bonds. The number of ether oxygens (including phenoxy) is 1. The predicted molar refractivity (Wildman–Crippen MR) is 109 cm³/mol. The number of fused-ring (bicyclic) bond motifs is 2. The SMILES string of the molecule is CC1CC2(CC(c3cnn(-c4ccccc4)c3)N1)OCCc1cc(Cl)sc12. The minimum Gasteiger partial charge on any atom is -0.369 e. The number of hydrogen-bond donors (Lipinski definition) is 1. The van der Waals surface area contributed by atoms with E-state index < -0.39 is 0 Å². The van der Waals surface area contributed by atoms with Crippen LogP contribution in [0.25, 0.3) is 5.69 Å². The Morgan fingerprint density at radius 1 is 1.30 bits per heavy atom. The Labute approximate surface area is 168 Å². The fourth-order valence-corrected chi connectivity index (χ4v) is 5.98. The molecule has 1 N–H and O–H groups in total. The van der Waals surface area contributed by atoms with Gasteiger partial charge in [0, 0.05) is 35.1 Å². The molecule has 2 aromatic heterocycles. The molecule has 27 heavy (non-hydrogen) atoms. The molecule has 2 aliphatic heterocycles. The number of nitrogens with zero attached hydrogens (tertiary/aromatic N) is 2. The summed E-state index contributed by atoms with van der Waals surface area (Å²) in [5.74, 6) is 0. The number of hydrogen-bond acceptors (Lipinski definition) is 4. The van der Waals surface area contributed by atoms with E-state index in [2.05, 4.69) is 41.7 Å². The van der Waals surface area contributed by atoms with Crippen LogP contribution < -0.4 is 5.32 Å². The molecule has 5 rings (SSSR count). The van der Waals surface area contributed by atoms with E-state index in [0.717, 1.165) is 35.9 Å². The molecule has 0 aliphatic carbocycles. The minimum absolute atomic E-state index is 0.207. The Kier molecular flexibility index (Phi) is 4.36. The van der Waals surface area contributed by atoms with Gasteiger partial charge in [-0.15, -0.1) is 11.3 Å². The van der Waals surface area contributed by atoms with Crippen LogP contribution in [0.15, 0.2) is 48.8 Å². The standard InChI is InChI=1S/C21H22ClN3OS/c1-14-10-21(20-15(7-8-26-21)9-19(22)27-20)11-18(24-14)16-12-23-25(13-16)17-5-3-2-4-6-17/h2-6,9,12-14,18,24H,7-8,10-11H2,1H3. The predicted octanol–water partition coefficient (Wildman–Crippen LogP) is 4.87. The van der Waals surface area contributed by atoms with E-state index in [0.29, 0.717) is 6.04 Å². The molecule has 3 aromatic rings. The molecule has 1 aromatic carbocycles. The molecule has 3 unspecified atom stereocenters. The van der Waals surface area contributed by atoms with Crippen molar-refractivity contribution in [2.45, 2.75) is 43.9 Å². The van der Waals surface area contributed by atoms with Gasteiger partial charge in [-0.25, -0.2) is 4.68 Å². The van der Waals surface area contributed by atoms with Gasteiger partial charge in [-0.1, -0.05) is 29.8 Å². The van der Waals surface area contributed by atoms with Gasteiger partial charge in [0.2, 0.25) is 0 Å². The highest BCUT2D eigenvalue weighted by molar-refractivity contribution is 7.16. The Balaban J connectivity index is 1.48. The second kappa shape index (κ2) is 6.74. The average Bonchev–Trinajstić information content (AvgIpc) is 3.29. The first kappa shape index (κ1) is 17.4. The molecule has 1 fully saturated rings. The van der Waals surface area contributed by atoms with Crippen LogP contribution >= 0.6 is 22.9 Å². The zero-order chi connectivity index (χ0) is 18.4. The fraction of sp³-hybridized carbons (Fsp3) is 0.381. The van der Waals surface area contributed by atoms with Gasteiger partial charge in [-0.05, 0) is 43.5 Å². The van der Waals surface area contributed by atoms with Crippen molar-refractivity contribution in [1.29, 1.82) is 0 Å². The van der Waals surface area contributed by atoms with E-state index in [-0.39, 0.29) is 11.6 Å². The van der Waals surface area contributed by atoms with E-state index in [9.17, 15) is 0 Å². The summed E-state index contributed by atoms with van der Waals surface area (Å²) in [6.07, 6.45) is 6.94. The summed E-state index contributed by atoms with van der Waals surface area (Å²) in [5, 5.41) is 8.33. The number of piperidine rings is 1. The van der Waals surface area contributed by atoms with Gasteiger partial charge < -0.3 is 10.1 Å². The van der Waals surface area contributed by atoms with Crippen LogP contribution in [0.3, 0.4) is 0 Å². The molecule has 3 atom stereocenters. The van der Waals surface area contributed by atoms with Gasteiger partial charge in [0.05, 0.1) is 22.8 Å². The van der Waals surface area contributed by atoms with Crippen molar-refractivity contribution in [3.8, 4) is 5.69 Å². The van der Waals surface area contributed by atoms with Crippen molar-refractivity contribution in [2.75, 3.05) is 6.61 Å². The Hall–Kier alpha value is -1.66. The minimum atomic E-state index is -0.241. The summed E-state index contributed by atoms with van der Waals surface area (Å²) in [4.78, 5) is 1.33. The topological polar surface area (TPSA) is 39.1 Å². The smallest absolute Gasteiger partial charge is 0.106 e. The van der Waals surface area contributed by atoms with Crippen LogP contribution in [0.2, 0.25) is 4.34 Å². The van der Waals surface area contributed by atoms with Gasteiger partial charge in [-0.3, -0.25) is 0 Å². The third-order valence-corrected chi connectivity index (χ3v) is 7.12. The number of benzene rings is 1. The summed E-state index contributed by atoms with van der Waals surface area (Å²) >= 11 is 8.04. The zero-order valence-electron chi connectivity index (χ0n) is 15.2. The van der Waals surface area contributed by atoms with Gasteiger partial charge in [0.25, 0.3) is 0 Å². The largest absolute Gasteiger partial charge is 0.369 e. The lowest BCUT2D eigenvalue weighted by molar-refractivity contribution is -0.0954. The third kappa shape index (κ3) is 3.13. The normalized spacial score (nSPS) is 27.6. The van der Waals surface area contributed by atoms with E-state index in [1.807, 2.05) is 29.1 Å². The molecule has 1 spiro atoms. The molecule has 0 saturated carbocycles. The van der Waals surface area contributed by atoms with Crippen LogP contribution in [0.1, 0.15) is 41.8 Å². The lowest BCUT2D eigenvalue weighted by Crippen LogP contribution is -2.49. The van der Waals surface area contributed by atoms with Crippen LogP contribution in [0, 0.1) is 0 Å². The first-order valence-corrected chi connectivity index (χ1v) is 10.6. The first-order chi connectivity index (χ1) is 13.1. The van der Waals surface area contributed by atoms with Gasteiger partial charge >= 0.3 is 0 Å². The molecule has 2 aliphatic rings. The van der Waals surface area contributed by atoms with Crippen molar-refractivity contribution >= 4 is 22.9 Å². The maximum Gasteiger partial charge on any atom is 0.106 e. The number of rotatable bonds is 2. The molecule has 4 nitrogen and oxygen atoms in total. The highest BCUT2D eigenvalue weighted by atomic mass is 35.5. The Morgan fingerprint density at radius 2 is 2.15 bits per heavy atom. The summed E-state index contributed by atoms with van der Waals surface area (Å²) in [7, 11) is 0. The number of nitrogens with one attached hydrogen (secondary N) is 1. The summed E-state index contributed by atoms with van der Waals surface area (Å²) < 4.78 is 9.25. The van der Waals surface area contributed by atoms with Crippen molar-refractivity contribution < 1.29 is 4.74 Å². The van der Waals surface area contributed by atoms with E-state index in [1.165, 1.54) is 16.0 Å². The Bertz CT molecular complexity index is 954. The van der Waals surface area contributed by atoms with Crippen LogP contribution in [-0.2, 0) is 16.8 Å². The number of aromatic nitrogens is 2. The van der Waals surface area contributed by atoms with Crippen molar-refractivity contribution in [2.24, 2.45) is 0 Å². The Morgan fingerprint density at radius 3 is 3.00 bits per heavy atom. The van der Waals surface area contributed by atoms with Crippen molar-refractivity contribution in [3.63, 3.8) is 0 Å². The zero-order valence-corrected chi connectivity index (χ0v) is 16.8. The van der Waals surface area contributed by atoms with Crippen LogP contribution in [-0.4, -0.2) is 22.4 Å². The third-order valence-electron chi connectivity index (χ3n) is 5.62.